The molecule has 5 aromatic rings. The normalized spacial score (nSPS) is 18.2. The van der Waals surface area contributed by atoms with E-state index in [9.17, 15) is 24.0 Å². The van der Waals surface area contributed by atoms with Gasteiger partial charge in [0.05, 0.1) is 35.2 Å². The van der Waals surface area contributed by atoms with E-state index in [1.54, 1.807) is 17.3 Å². The van der Waals surface area contributed by atoms with Crippen molar-refractivity contribution in [1.82, 2.24) is 44.8 Å². The summed E-state index contributed by atoms with van der Waals surface area (Å²) in [7, 11) is 0. The molecular formula is C43H48N12O6. The van der Waals surface area contributed by atoms with Crippen molar-refractivity contribution in [3.05, 3.63) is 76.7 Å². The van der Waals surface area contributed by atoms with Crippen LogP contribution in [-0.4, -0.2) is 101 Å². The summed E-state index contributed by atoms with van der Waals surface area (Å²) in [6.07, 6.45) is 10.5. The molecule has 1 aliphatic carbocycles. The number of fused-ring (bicyclic) bond motifs is 2. The average Bonchev–Trinajstić information content (AvgIpc) is 4.07. The number of piperazine rings is 1. The molecule has 3 fully saturated rings. The predicted molar refractivity (Wildman–Crippen MR) is 223 cm³/mol. The number of nitrogens with zero attached hydrogens (tertiary/aromatic N) is 9. The highest BCUT2D eigenvalue weighted by molar-refractivity contribution is 6.05. The summed E-state index contributed by atoms with van der Waals surface area (Å²) in [5.41, 5.74) is 7.50. The Morgan fingerprint density at radius 2 is 1.75 bits per heavy atom. The number of urea groups is 1. The van der Waals surface area contributed by atoms with E-state index in [1.165, 1.54) is 0 Å². The van der Waals surface area contributed by atoms with Crippen molar-refractivity contribution in [2.24, 2.45) is 0 Å². The average molecular weight is 829 g/mol. The third kappa shape index (κ3) is 8.25. The zero-order valence-corrected chi connectivity index (χ0v) is 34.3. The first-order chi connectivity index (χ1) is 29.6. The number of hydrogen-bond acceptors (Lipinski definition) is 12. The van der Waals surface area contributed by atoms with Crippen LogP contribution in [0.15, 0.2) is 47.2 Å². The molecule has 61 heavy (non-hydrogen) atoms. The molecule has 4 aliphatic rings. The summed E-state index contributed by atoms with van der Waals surface area (Å²) in [4.78, 5) is 82.7. The van der Waals surface area contributed by atoms with E-state index in [4.69, 9.17) is 4.52 Å². The Morgan fingerprint density at radius 1 is 0.934 bits per heavy atom. The van der Waals surface area contributed by atoms with Gasteiger partial charge in [0.25, 0.3) is 5.91 Å². The van der Waals surface area contributed by atoms with Gasteiger partial charge in [0.15, 0.2) is 5.65 Å². The van der Waals surface area contributed by atoms with Crippen LogP contribution in [0.4, 0.5) is 21.9 Å². The summed E-state index contributed by atoms with van der Waals surface area (Å²) < 4.78 is 7.39. The second kappa shape index (κ2) is 16.7. The molecule has 1 saturated carbocycles. The number of anilines is 3. The predicted octanol–water partition coefficient (Wildman–Crippen LogP) is 4.92. The van der Waals surface area contributed by atoms with Gasteiger partial charge in [0, 0.05) is 75.2 Å². The molecule has 4 aromatic heterocycles. The second-order valence-corrected chi connectivity index (χ2v) is 16.4. The van der Waals surface area contributed by atoms with Gasteiger partial charge >= 0.3 is 6.03 Å². The van der Waals surface area contributed by atoms with E-state index in [0.29, 0.717) is 105 Å². The number of carbonyl (C=O) groups is 5. The first kappa shape index (κ1) is 39.7. The number of benzene rings is 1. The van der Waals surface area contributed by atoms with Gasteiger partial charge in [-0.15, -0.1) is 0 Å². The van der Waals surface area contributed by atoms with Crippen LogP contribution in [0.2, 0.25) is 0 Å². The fourth-order valence-electron chi connectivity index (χ4n) is 9.05. The van der Waals surface area contributed by atoms with E-state index in [0.717, 1.165) is 59.5 Å². The Morgan fingerprint density at radius 3 is 2.54 bits per heavy atom. The Labute approximate surface area is 351 Å². The SMILES string of the molecule is Cc1cc2ncc(NC(=O)Nc3cnc(-c4noc(CCCCC(=O)N5CCN(c6ccc7c(c6)CN(C6CCC(=O)NC6=O)C7=O)CC5)n4)c(C)c3)c(C3CCCC3)n2n1. The van der Waals surface area contributed by atoms with Crippen molar-refractivity contribution in [2.45, 2.75) is 96.6 Å². The highest BCUT2D eigenvalue weighted by Gasteiger charge is 2.39. The maximum atomic E-state index is 13.2. The van der Waals surface area contributed by atoms with Gasteiger partial charge in [-0.3, -0.25) is 29.5 Å². The smallest absolute Gasteiger partial charge is 0.323 e. The number of nitrogens with one attached hydrogen (secondary N) is 3. The first-order valence-electron chi connectivity index (χ1n) is 21.1. The molecule has 0 spiro atoms. The molecule has 316 valence electrons. The second-order valence-electron chi connectivity index (χ2n) is 16.4. The van der Waals surface area contributed by atoms with E-state index in [-0.39, 0.29) is 24.1 Å². The largest absolute Gasteiger partial charge is 0.368 e. The molecule has 18 nitrogen and oxygen atoms in total. The topological polar surface area (TPSA) is 213 Å². The molecule has 9 rings (SSSR count). The summed E-state index contributed by atoms with van der Waals surface area (Å²) in [5.74, 6) is 0.296. The zero-order chi connectivity index (χ0) is 42.2. The van der Waals surface area contributed by atoms with Crippen molar-refractivity contribution < 1.29 is 28.5 Å². The molecule has 1 atom stereocenters. The van der Waals surface area contributed by atoms with Crippen molar-refractivity contribution in [3.8, 4) is 11.5 Å². The van der Waals surface area contributed by atoms with E-state index >= 15 is 0 Å². The van der Waals surface area contributed by atoms with Gasteiger partial charge in [-0.2, -0.15) is 10.1 Å². The third-order valence-corrected chi connectivity index (χ3v) is 12.2. The summed E-state index contributed by atoms with van der Waals surface area (Å²) in [5, 5.41) is 17.0. The zero-order valence-electron chi connectivity index (χ0n) is 34.3. The van der Waals surface area contributed by atoms with Gasteiger partial charge in [0.1, 0.15) is 11.7 Å². The van der Waals surface area contributed by atoms with Crippen LogP contribution in [0.25, 0.3) is 17.2 Å². The van der Waals surface area contributed by atoms with Crippen molar-refractivity contribution >= 4 is 52.4 Å². The lowest BCUT2D eigenvalue weighted by molar-refractivity contribution is -0.137. The maximum Gasteiger partial charge on any atom is 0.323 e. The number of imide groups is 1. The molecular weight excluding hydrogens is 781 g/mol. The molecule has 0 radical (unpaired) electrons. The van der Waals surface area contributed by atoms with Crippen molar-refractivity contribution in [1.29, 1.82) is 0 Å². The number of amides is 6. The molecule has 6 amide bonds. The highest BCUT2D eigenvalue weighted by Crippen LogP contribution is 2.38. The Bertz CT molecular complexity index is 2540. The number of rotatable bonds is 11. The number of pyridine rings is 1. The minimum atomic E-state index is -0.647. The van der Waals surface area contributed by atoms with Gasteiger partial charge in [-0.25, -0.2) is 14.3 Å². The summed E-state index contributed by atoms with van der Waals surface area (Å²) in [6.45, 7) is 6.65. The van der Waals surface area contributed by atoms with Gasteiger partial charge in [-0.1, -0.05) is 18.0 Å². The molecule has 18 heteroatoms. The molecule has 2 saturated heterocycles. The Balaban J connectivity index is 0.722. The molecule has 1 aromatic carbocycles. The number of aromatic nitrogens is 6. The maximum absolute atomic E-state index is 13.2. The minimum absolute atomic E-state index is 0.104. The molecule has 7 heterocycles. The van der Waals surface area contributed by atoms with E-state index in [1.807, 2.05) is 53.6 Å². The highest BCUT2D eigenvalue weighted by atomic mass is 16.5. The van der Waals surface area contributed by atoms with Crippen LogP contribution < -0.4 is 20.9 Å². The summed E-state index contributed by atoms with van der Waals surface area (Å²) in [6, 6.07) is 8.43. The van der Waals surface area contributed by atoms with Crippen LogP contribution in [0, 0.1) is 13.8 Å². The number of aryl methyl sites for hydroxylation is 3. The van der Waals surface area contributed by atoms with Crippen LogP contribution in [-0.2, 0) is 27.3 Å². The van der Waals surface area contributed by atoms with Crippen molar-refractivity contribution in [3.63, 3.8) is 0 Å². The van der Waals surface area contributed by atoms with E-state index in [2.05, 4.69) is 46.1 Å². The number of carbonyl (C=O) groups excluding carboxylic acids is 5. The van der Waals surface area contributed by atoms with E-state index < -0.39 is 18.0 Å². The lowest BCUT2D eigenvalue weighted by Crippen LogP contribution is -2.52. The molecule has 1 unspecified atom stereocenters. The van der Waals surface area contributed by atoms with Gasteiger partial charge in [-0.05, 0) is 81.3 Å². The third-order valence-electron chi connectivity index (χ3n) is 12.2. The minimum Gasteiger partial charge on any atom is -0.368 e. The summed E-state index contributed by atoms with van der Waals surface area (Å²) >= 11 is 0. The van der Waals surface area contributed by atoms with Gasteiger partial charge < -0.3 is 29.9 Å². The molecule has 3 N–H and O–H groups in total. The van der Waals surface area contributed by atoms with Crippen LogP contribution in [0.1, 0.15) is 102 Å². The lowest BCUT2D eigenvalue weighted by Gasteiger charge is -2.36. The number of piperidine rings is 1. The molecule has 0 bridgehead atoms. The number of hydrogen-bond donors (Lipinski definition) is 3. The van der Waals surface area contributed by atoms with Crippen LogP contribution >= 0.6 is 0 Å². The fraction of sp³-hybridized carbons (Fsp3) is 0.442. The molecule has 3 aliphatic heterocycles. The Kier molecular flexibility index (Phi) is 10.9. The monoisotopic (exact) mass is 828 g/mol. The van der Waals surface area contributed by atoms with Crippen molar-refractivity contribution in [2.75, 3.05) is 41.7 Å². The Hall–Kier alpha value is -6.72. The lowest BCUT2D eigenvalue weighted by atomic mass is 10.0. The van der Waals surface area contributed by atoms with Gasteiger partial charge in [0.2, 0.25) is 29.4 Å². The van der Waals surface area contributed by atoms with Crippen LogP contribution in [0.3, 0.4) is 0 Å². The number of unbranched alkanes of at least 4 members (excludes halogenated alkanes) is 1. The fourth-order valence-corrected chi connectivity index (χ4v) is 9.05. The standard InChI is InChI=1S/C43H48N12O6/c1-25-19-29(46-43(60)47-32-23-44-34-20-26(2)50-55(34)39(32)27-7-3-4-8-27)22-45-38(25)40-49-36(61-51-40)9-5-6-10-37(57)53-17-15-52(16-18-53)30-11-12-31-28(21-30)24-54(42(31)59)33-13-14-35(56)48-41(33)58/h11-12,19-23,27,33H,3-10,13-18,24H2,1-2H3,(H2,46,47,60)(H,48,56,58). The first-order valence-corrected chi connectivity index (χ1v) is 21.1. The van der Waals surface area contributed by atoms with Crippen LogP contribution in [0.5, 0.6) is 0 Å². The quantitative estimate of drug-likeness (QED) is 0.120.